The molecule has 0 aromatic rings. The van der Waals surface area contributed by atoms with Gasteiger partial charge in [-0.3, -0.25) is 4.79 Å². The highest BCUT2D eigenvalue weighted by Crippen LogP contribution is 2.26. The van der Waals surface area contributed by atoms with Gasteiger partial charge in [0.15, 0.2) is 0 Å². The summed E-state index contributed by atoms with van der Waals surface area (Å²) in [6, 6.07) is 0.321. The molecule has 18 heavy (non-hydrogen) atoms. The maximum absolute atomic E-state index is 12.1. The van der Waals surface area contributed by atoms with E-state index in [-0.39, 0.29) is 18.0 Å². The Kier molecular flexibility index (Phi) is 4.09. The molecule has 2 aliphatic rings. The number of urea groups is 1. The van der Waals surface area contributed by atoms with Crippen LogP contribution in [0.5, 0.6) is 0 Å². The van der Waals surface area contributed by atoms with Crippen molar-refractivity contribution in [3.05, 3.63) is 0 Å². The fraction of sp³-hybridized carbons (Fsp3) is 0.846. The van der Waals surface area contributed by atoms with Gasteiger partial charge in [0, 0.05) is 18.6 Å². The number of carbonyl (C=O) groups is 2. The largest absolute Gasteiger partial charge is 0.481 e. The van der Waals surface area contributed by atoms with E-state index in [9.17, 15) is 9.59 Å². The van der Waals surface area contributed by atoms with Gasteiger partial charge in [0.25, 0.3) is 0 Å². The minimum atomic E-state index is -0.738. The van der Waals surface area contributed by atoms with Crippen LogP contribution in [0.25, 0.3) is 0 Å². The van der Waals surface area contributed by atoms with Crippen LogP contribution >= 0.6 is 0 Å². The summed E-state index contributed by atoms with van der Waals surface area (Å²) in [5, 5.41) is 11.9. The molecule has 5 nitrogen and oxygen atoms in total. The summed E-state index contributed by atoms with van der Waals surface area (Å²) in [7, 11) is 0. The van der Waals surface area contributed by atoms with E-state index in [4.69, 9.17) is 5.11 Å². The molecule has 5 heteroatoms. The summed E-state index contributed by atoms with van der Waals surface area (Å²) >= 11 is 0. The zero-order chi connectivity index (χ0) is 13.1. The van der Waals surface area contributed by atoms with Gasteiger partial charge >= 0.3 is 12.0 Å². The van der Waals surface area contributed by atoms with Crippen molar-refractivity contribution in [1.29, 1.82) is 0 Å². The third kappa shape index (κ3) is 2.94. The number of carboxylic acid groups (broad SMARTS) is 1. The minimum Gasteiger partial charge on any atom is -0.481 e. The van der Waals surface area contributed by atoms with E-state index in [0.29, 0.717) is 18.9 Å². The molecule has 0 spiro atoms. The number of piperidine rings is 1. The van der Waals surface area contributed by atoms with Crippen LogP contribution in [0.4, 0.5) is 4.79 Å². The maximum atomic E-state index is 12.1. The molecule has 1 aliphatic carbocycles. The number of likely N-dealkylation sites (tertiary alicyclic amines) is 1. The average Bonchev–Trinajstić information content (AvgIpc) is 2.78. The minimum absolute atomic E-state index is 0.0155. The fourth-order valence-electron chi connectivity index (χ4n) is 2.99. The highest BCUT2D eigenvalue weighted by molar-refractivity contribution is 5.75. The first-order valence-electron chi connectivity index (χ1n) is 6.88. The topological polar surface area (TPSA) is 69.6 Å². The van der Waals surface area contributed by atoms with Crippen LogP contribution < -0.4 is 5.32 Å². The van der Waals surface area contributed by atoms with Crippen molar-refractivity contribution >= 4 is 12.0 Å². The lowest BCUT2D eigenvalue weighted by Crippen LogP contribution is -2.49. The van der Waals surface area contributed by atoms with Crippen molar-refractivity contribution < 1.29 is 14.7 Å². The molecule has 1 heterocycles. The zero-order valence-corrected chi connectivity index (χ0v) is 10.9. The van der Waals surface area contributed by atoms with Crippen LogP contribution in [0.3, 0.4) is 0 Å². The summed E-state index contributed by atoms with van der Waals surface area (Å²) in [6.45, 7) is 2.90. The number of nitrogens with one attached hydrogen (secondary N) is 1. The molecular weight excluding hydrogens is 232 g/mol. The van der Waals surface area contributed by atoms with Gasteiger partial charge in [0.1, 0.15) is 0 Å². The Morgan fingerprint density at radius 3 is 2.61 bits per heavy atom. The van der Waals surface area contributed by atoms with Crippen molar-refractivity contribution in [2.24, 2.45) is 5.92 Å². The summed E-state index contributed by atoms with van der Waals surface area (Å²) in [4.78, 5) is 24.9. The van der Waals surface area contributed by atoms with Gasteiger partial charge in [-0.15, -0.1) is 0 Å². The number of hydrogen-bond acceptors (Lipinski definition) is 2. The van der Waals surface area contributed by atoms with Crippen LogP contribution in [-0.4, -0.2) is 40.6 Å². The van der Waals surface area contributed by atoms with Crippen LogP contribution in [-0.2, 0) is 4.79 Å². The molecule has 2 fully saturated rings. The van der Waals surface area contributed by atoms with Gasteiger partial charge in [-0.1, -0.05) is 0 Å². The molecule has 3 atom stereocenters. The molecule has 1 unspecified atom stereocenters. The zero-order valence-electron chi connectivity index (χ0n) is 10.9. The second-order valence-corrected chi connectivity index (χ2v) is 5.53. The van der Waals surface area contributed by atoms with Crippen LogP contribution in [0.2, 0.25) is 0 Å². The summed E-state index contributed by atoms with van der Waals surface area (Å²) < 4.78 is 0. The van der Waals surface area contributed by atoms with Crippen molar-refractivity contribution in [3.8, 4) is 0 Å². The van der Waals surface area contributed by atoms with Gasteiger partial charge in [-0.05, 0) is 45.4 Å². The van der Waals surface area contributed by atoms with E-state index >= 15 is 0 Å². The van der Waals surface area contributed by atoms with Crippen molar-refractivity contribution in [2.75, 3.05) is 6.54 Å². The normalized spacial score (nSPS) is 32.3. The number of aliphatic carboxylic acids is 1. The van der Waals surface area contributed by atoms with Gasteiger partial charge in [0.2, 0.25) is 0 Å². The molecule has 0 aromatic carbocycles. The Balaban J connectivity index is 1.82. The van der Waals surface area contributed by atoms with Gasteiger partial charge in [0.05, 0.1) is 5.92 Å². The number of amides is 2. The summed E-state index contributed by atoms with van der Waals surface area (Å²) in [6.07, 6.45) is 5.36. The lowest BCUT2D eigenvalue weighted by Gasteiger charge is -2.34. The number of hydrogen-bond donors (Lipinski definition) is 2. The first kappa shape index (κ1) is 13.2. The quantitative estimate of drug-likeness (QED) is 0.789. The standard InChI is InChI=1S/C13H22N2O3/c1-9-4-2-3-7-15(9)13(18)14-11-6-5-10(8-11)12(16)17/h9-11H,2-8H2,1H3,(H,14,18)(H,16,17)/t9?,10-,11+/m1/s1. The Bertz CT molecular complexity index is 332. The molecule has 1 aliphatic heterocycles. The molecule has 2 N–H and O–H groups in total. The molecule has 0 aromatic heterocycles. The Morgan fingerprint density at radius 2 is 2.00 bits per heavy atom. The van der Waals surface area contributed by atoms with E-state index in [1.807, 2.05) is 4.90 Å². The Hall–Kier alpha value is -1.26. The first-order valence-corrected chi connectivity index (χ1v) is 6.88. The smallest absolute Gasteiger partial charge is 0.317 e. The molecule has 0 radical (unpaired) electrons. The molecule has 1 saturated heterocycles. The highest BCUT2D eigenvalue weighted by Gasteiger charge is 2.32. The molecule has 1 saturated carbocycles. The fourth-order valence-corrected chi connectivity index (χ4v) is 2.99. The van der Waals surface area contributed by atoms with Gasteiger partial charge in [-0.25, -0.2) is 4.79 Å². The van der Waals surface area contributed by atoms with Crippen LogP contribution in [0.1, 0.15) is 45.4 Å². The molecular formula is C13H22N2O3. The monoisotopic (exact) mass is 254 g/mol. The third-order valence-electron chi connectivity index (χ3n) is 4.17. The predicted molar refractivity (Wildman–Crippen MR) is 67.3 cm³/mol. The van der Waals surface area contributed by atoms with E-state index in [1.165, 1.54) is 6.42 Å². The van der Waals surface area contributed by atoms with Crippen molar-refractivity contribution in [2.45, 2.75) is 57.5 Å². The van der Waals surface area contributed by atoms with E-state index in [1.54, 1.807) is 0 Å². The molecule has 2 rings (SSSR count). The van der Waals surface area contributed by atoms with Gasteiger partial charge < -0.3 is 15.3 Å². The Labute approximate surface area is 108 Å². The molecule has 2 amide bonds. The van der Waals surface area contributed by atoms with Crippen LogP contribution in [0, 0.1) is 5.92 Å². The van der Waals surface area contributed by atoms with E-state index < -0.39 is 5.97 Å². The van der Waals surface area contributed by atoms with Crippen molar-refractivity contribution in [1.82, 2.24) is 10.2 Å². The molecule has 102 valence electrons. The maximum Gasteiger partial charge on any atom is 0.317 e. The molecule has 0 bridgehead atoms. The summed E-state index contributed by atoms with van der Waals surface area (Å²) in [5.74, 6) is -1.02. The first-order chi connectivity index (χ1) is 8.58. The lowest BCUT2D eigenvalue weighted by molar-refractivity contribution is -0.141. The van der Waals surface area contributed by atoms with Crippen molar-refractivity contribution in [3.63, 3.8) is 0 Å². The van der Waals surface area contributed by atoms with Crippen LogP contribution in [0.15, 0.2) is 0 Å². The SMILES string of the molecule is CC1CCCCN1C(=O)N[C@H]1CC[C@@H](C(=O)O)C1. The number of nitrogens with zero attached hydrogens (tertiary/aromatic N) is 1. The number of carbonyl (C=O) groups excluding carboxylic acids is 1. The van der Waals surface area contributed by atoms with E-state index in [0.717, 1.165) is 25.8 Å². The average molecular weight is 254 g/mol. The number of rotatable bonds is 2. The lowest BCUT2D eigenvalue weighted by atomic mass is 10.0. The summed E-state index contributed by atoms with van der Waals surface area (Å²) in [5.41, 5.74) is 0. The number of carboxylic acids is 1. The second kappa shape index (κ2) is 5.59. The highest BCUT2D eigenvalue weighted by atomic mass is 16.4. The Morgan fingerprint density at radius 1 is 1.22 bits per heavy atom. The van der Waals surface area contributed by atoms with Gasteiger partial charge in [-0.2, -0.15) is 0 Å². The predicted octanol–water partition coefficient (Wildman–Crippen LogP) is 1.82. The van der Waals surface area contributed by atoms with E-state index in [2.05, 4.69) is 12.2 Å². The third-order valence-corrected chi connectivity index (χ3v) is 4.17. The second-order valence-electron chi connectivity index (χ2n) is 5.53.